The Kier molecular flexibility index (Phi) is 3.50. The summed E-state index contributed by atoms with van der Waals surface area (Å²) in [5.41, 5.74) is 1.20. The third-order valence-electron chi connectivity index (χ3n) is 3.43. The molecule has 0 saturated heterocycles. The van der Waals surface area contributed by atoms with Crippen molar-refractivity contribution < 1.29 is 4.79 Å². The van der Waals surface area contributed by atoms with E-state index in [0.29, 0.717) is 5.92 Å². The minimum atomic E-state index is -0.211. The fourth-order valence-corrected chi connectivity index (χ4v) is 2.22. The van der Waals surface area contributed by atoms with E-state index in [0.717, 1.165) is 25.1 Å². The van der Waals surface area contributed by atoms with Gasteiger partial charge in [-0.25, -0.2) is 4.98 Å². The molecule has 5 nitrogen and oxygen atoms in total. The number of aromatic amines is 1. The van der Waals surface area contributed by atoms with Gasteiger partial charge in [0.25, 0.3) is 5.91 Å². The predicted octanol–water partition coefficient (Wildman–Crippen LogP) is 2.04. The first-order valence-corrected chi connectivity index (χ1v) is 6.99. The van der Waals surface area contributed by atoms with Crippen molar-refractivity contribution in [1.29, 1.82) is 0 Å². The standard InChI is InChI=1S/C15H18N4O/c1-10(9-11-5-3-2-4-6-11)16-15(20)14-17-13(18-19-14)12-7-8-12/h2-6,10,12H,7-9H2,1H3,(H,16,20)(H,17,18,19). The monoisotopic (exact) mass is 270 g/mol. The first-order valence-electron chi connectivity index (χ1n) is 6.99. The van der Waals surface area contributed by atoms with E-state index in [4.69, 9.17) is 0 Å². The summed E-state index contributed by atoms with van der Waals surface area (Å²) in [5, 5.41) is 9.77. The Morgan fingerprint density at radius 1 is 1.40 bits per heavy atom. The maximum absolute atomic E-state index is 12.0. The molecule has 104 valence electrons. The molecule has 1 aliphatic rings. The maximum atomic E-state index is 12.0. The van der Waals surface area contributed by atoms with Crippen LogP contribution in [-0.4, -0.2) is 27.1 Å². The summed E-state index contributed by atoms with van der Waals surface area (Å²) in [5.74, 6) is 1.35. The second kappa shape index (κ2) is 5.45. The maximum Gasteiger partial charge on any atom is 0.291 e. The fraction of sp³-hybridized carbons (Fsp3) is 0.400. The highest BCUT2D eigenvalue weighted by Gasteiger charge is 2.28. The van der Waals surface area contributed by atoms with Gasteiger partial charge >= 0.3 is 0 Å². The normalized spacial score (nSPS) is 15.8. The average molecular weight is 270 g/mol. The zero-order valence-corrected chi connectivity index (χ0v) is 11.5. The Balaban J connectivity index is 1.57. The fourth-order valence-electron chi connectivity index (χ4n) is 2.22. The molecule has 1 atom stereocenters. The lowest BCUT2D eigenvalue weighted by Gasteiger charge is -2.12. The molecule has 0 aliphatic heterocycles. The van der Waals surface area contributed by atoms with Crippen molar-refractivity contribution in [3.05, 3.63) is 47.5 Å². The van der Waals surface area contributed by atoms with E-state index in [1.807, 2.05) is 25.1 Å². The van der Waals surface area contributed by atoms with Gasteiger partial charge < -0.3 is 5.32 Å². The van der Waals surface area contributed by atoms with Crippen molar-refractivity contribution in [2.24, 2.45) is 0 Å². The first-order chi connectivity index (χ1) is 9.72. The molecule has 5 heteroatoms. The first kappa shape index (κ1) is 12.8. The third kappa shape index (κ3) is 3.04. The lowest BCUT2D eigenvalue weighted by atomic mass is 10.1. The van der Waals surface area contributed by atoms with Gasteiger partial charge in [0.15, 0.2) is 0 Å². The molecule has 1 aromatic heterocycles. The largest absolute Gasteiger partial charge is 0.346 e. The molecule has 3 rings (SSSR count). The molecule has 0 spiro atoms. The van der Waals surface area contributed by atoms with Crippen molar-refractivity contribution in [2.75, 3.05) is 0 Å². The van der Waals surface area contributed by atoms with Gasteiger partial charge in [0.2, 0.25) is 5.82 Å². The molecular formula is C15H18N4O. The molecule has 2 N–H and O–H groups in total. The molecular weight excluding hydrogens is 252 g/mol. The molecule has 1 heterocycles. The summed E-state index contributed by atoms with van der Waals surface area (Å²) in [4.78, 5) is 16.3. The van der Waals surface area contributed by atoms with Gasteiger partial charge in [0.05, 0.1) is 0 Å². The number of benzene rings is 1. The van der Waals surface area contributed by atoms with E-state index in [1.54, 1.807) is 0 Å². The van der Waals surface area contributed by atoms with E-state index in [2.05, 4.69) is 32.6 Å². The molecule has 0 bridgehead atoms. The topological polar surface area (TPSA) is 70.7 Å². The number of H-pyrrole nitrogens is 1. The molecule has 2 aromatic rings. The lowest BCUT2D eigenvalue weighted by Crippen LogP contribution is -2.34. The predicted molar refractivity (Wildman–Crippen MR) is 75.4 cm³/mol. The van der Waals surface area contributed by atoms with Gasteiger partial charge in [-0.1, -0.05) is 30.3 Å². The summed E-state index contributed by atoms with van der Waals surface area (Å²) < 4.78 is 0. The Morgan fingerprint density at radius 3 is 2.85 bits per heavy atom. The van der Waals surface area contributed by atoms with Crippen LogP contribution in [0, 0.1) is 0 Å². The van der Waals surface area contributed by atoms with Crippen molar-refractivity contribution in [3.63, 3.8) is 0 Å². The number of aromatic nitrogens is 3. The average Bonchev–Trinajstić information content (AvgIpc) is 3.17. The summed E-state index contributed by atoms with van der Waals surface area (Å²) in [7, 11) is 0. The minimum absolute atomic E-state index is 0.0489. The second-order valence-electron chi connectivity index (χ2n) is 5.38. The van der Waals surface area contributed by atoms with Gasteiger partial charge in [-0.15, -0.1) is 5.10 Å². The van der Waals surface area contributed by atoms with E-state index < -0.39 is 0 Å². The molecule has 1 aliphatic carbocycles. The second-order valence-corrected chi connectivity index (χ2v) is 5.38. The van der Waals surface area contributed by atoms with Crippen LogP contribution in [0.1, 0.15) is 47.7 Å². The number of nitrogens with zero attached hydrogens (tertiary/aromatic N) is 2. The van der Waals surface area contributed by atoms with Gasteiger partial charge in [0, 0.05) is 12.0 Å². The number of rotatable bonds is 5. The number of hydrogen-bond acceptors (Lipinski definition) is 3. The van der Waals surface area contributed by atoms with Crippen LogP contribution in [0.2, 0.25) is 0 Å². The quantitative estimate of drug-likeness (QED) is 0.873. The van der Waals surface area contributed by atoms with Crippen LogP contribution in [-0.2, 0) is 6.42 Å². The van der Waals surface area contributed by atoms with Gasteiger partial charge in [-0.3, -0.25) is 9.89 Å². The Hall–Kier alpha value is -2.17. The van der Waals surface area contributed by atoms with E-state index in [1.165, 1.54) is 5.56 Å². The number of nitrogens with one attached hydrogen (secondary N) is 2. The minimum Gasteiger partial charge on any atom is -0.346 e. The summed E-state index contributed by atoms with van der Waals surface area (Å²) in [6, 6.07) is 10.1. The van der Waals surface area contributed by atoms with E-state index in [9.17, 15) is 4.79 Å². The molecule has 20 heavy (non-hydrogen) atoms. The van der Waals surface area contributed by atoms with Crippen LogP contribution >= 0.6 is 0 Å². The van der Waals surface area contributed by atoms with Crippen LogP contribution in [0.25, 0.3) is 0 Å². The molecule has 1 fully saturated rings. The molecule has 1 unspecified atom stereocenters. The SMILES string of the molecule is CC(Cc1ccccc1)NC(=O)c1n[nH]c(C2CC2)n1. The Morgan fingerprint density at radius 2 is 2.15 bits per heavy atom. The zero-order chi connectivity index (χ0) is 13.9. The van der Waals surface area contributed by atoms with Gasteiger partial charge in [-0.2, -0.15) is 0 Å². The van der Waals surface area contributed by atoms with E-state index in [-0.39, 0.29) is 17.8 Å². The zero-order valence-electron chi connectivity index (χ0n) is 11.5. The summed E-state index contributed by atoms with van der Waals surface area (Å²) in [6.45, 7) is 1.99. The highest BCUT2D eigenvalue weighted by Crippen LogP contribution is 2.37. The van der Waals surface area contributed by atoms with Crippen molar-refractivity contribution in [1.82, 2.24) is 20.5 Å². The van der Waals surface area contributed by atoms with E-state index >= 15 is 0 Å². The highest BCUT2D eigenvalue weighted by atomic mass is 16.2. The smallest absolute Gasteiger partial charge is 0.291 e. The lowest BCUT2D eigenvalue weighted by molar-refractivity contribution is 0.0930. The van der Waals surface area contributed by atoms with Crippen molar-refractivity contribution in [2.45, 2.75) is 38.1 Å². The van der Waals surface area contributed by atoms with Crippen LogP contribution < -0.4 is 5.32 Å². The Labute approximate surface area is 117 Å². The Bertz CT molecular complexity index is 589. The van der Waals surface area contributed by atoms with Crippen LogP contribution in [0.4, 0.5) is 0 Å². The molecule has 0 radical (unpaired) electrons. The number of hydrogen-bond donors (Lipinski definition) is 2. The number of carbonyl (C=O) groups is 1. The molecule has 1 amide bonds. The highest BCUT2D eigenvalue weighted by molar-refractivity contribution is 5.90. The van der Waals surface area contributed by atoms with Crippen LogP contribution in [0.5, 0.6) is 0 Å². The van der Waals surface area contributed by atoms with Crippen LogP contribution in [0.15, 0.2) is 30.3 Å². The van der Waals surface area contributed by atoms with Crippen molar-refractivity contribution in [3.8, 4) is 0 Å². The van der Waals surface area contributed by atoms with Crippen LogP contribution in [0.3, 0.4) is 0 Å². The number of amides is 1. The number of carbonyl (C=O) groups excluding carboxylic acids is 1. The van der Waals surface area contributed by atoms with Gasteiger partial charge in [0.1, 0.15) is 5.82 Å². The summed E-state index contributed by atoms with van der Waals surface area (Å²) in [6.07, 6.45) is 3.08. The third-order valence-corrected chi connectivity index (χ3v) is 3.43. The van der Waals surface area contributed by atoms with Crippen molar-refractivity contribution >= 4 is 5.91 Å². The summed E-state index contributed by atoms with van der Waals surface area (Å²) >= 11 is 0. The molecule has 1 aromatic carbocycles. The molecule has 1 saturated carbocycles. The van der Waals surface area contributed by atoms with Gasteiger partial charge in [-0.05, 0) is 31.7 Å².